The average Bonchev–Trinajstić information content (AvgIpc) is 1.80. The Hall–Kier alpha value is -9.16. The van der Waals surface area contributed by atoms with Crippen LogP contribution in [0, 0.1) is 103 Å². The molecule has 12 aromatic rings. The molecule has 0 atom stereocenters. The Kier molecular flexibility index (Phi) is 53.6. The number of aliphatic hydroxyl groups is 4. The fraction of sp³-hybridized carbons (Fsp3) is 0.395. The van der Waals surface area contributed by atoms with Crippen LogP contribution >= 0.6 is 0 Å². The van der Waals surface area contributed by atoms with Gasteiger partial charge in [0.1, 0.15) is 0 Å². The minimum absolute atomic E-state index is 0. The van der Waals surface area contributed by atoms with E-state index in [1.165, 1.54) is 181 Å². The number of aryl methyl sites for hydroxylation is 11. The maximum absolute atomic E-state index is 11.8. The molecule has 0 spiro atoms. The number of carbonyl (C=O) groups excluding carboxylic acids is 4. The fourth-order valence-electron chi connectivity index (χ4n) is 18.0. The number of pyridine rings is 4. The van der Waals surface area contributed by atoms with Gasteiger partial charge in [-0.15, -0.1) is 140 Å². The quantitative estimate of drug-likeness (QED) is 0.0269. The van der Waals surface area contributed by atoms with Gasteiger partial charge in [-0.1, -0.05) is 265 Å². The molecule has 728 valence electrons. The molecule has 0 unspecified atom stereocenters. The summed E-state index contributed by atoms with van der Waals surface area (Å²) in [5, 5.41) is 41.4. The fourth-order valence-corrected chi connectivity index (χ4v) is 18.0. The van der Waals surface area contributed by atoms with E-state index in [-0.39, 0.29) is 145 Å². The standard InChI is InChI=1S/C23H24N.3C20H20N.C13H20O2.C13H24O2.2C5H8O2.4Ir/c1-16-13-17(2)15-19(14-16)22-12-11-21-20(9-6-10-23(21)24-22)18-7-4-3-5-8-18;3*1-4-6-16-7-5-8-20-18(16)9-10-19(21-20)17-12-14(2)11-15(3)13-17;14-12(10-5-1-2-6-10)9-13(15)11-7-3-4-8-11;1-5-10(6-2)12(14)9-13(15)11(7-3)8-4;2*1-4(6)3-5(2)7;;;;/h6,9-14,18H,3-5,7-8H2,1-2H3;3*5,7-12H,4,6H2,1-3H3;9-11,14H,1-8H2;9-11,14H,5-8H2,1-4H3;2*3,6H,1-2H3;;;;/q4*-1;;;;;;;;. The second kappa shape index (κ2) is 61.2. The van der Waals surface area contributed by atoms with Crippen molar-refractivity contribution in [2.75, 3.05) is 0 Å². The Morgan fingerprint density at radius 1 is 0.348 bits per heavy atom. The Bertz CT molecular complexity index is 5450. The van der Waals surface area contributed by atoms with Gasteiger partial charge >= 0.3 is 0 Å². The first-order valence-corrected chi connectivity index (χ1v) is 48.1. The number of benzene rings is 8. The molecular formula is C119H144Ir4N4O8-4. The molecule has 0 aliphatic heterocycles. The molecule has 3 aliphatic rings. The Labute approximate surface area is 861 Å². The van der Waals surface area contributed by atoms with Gasteiger partial charge in [0.15, 0.2) is 23.1 Å². The number of aromatic nitrogens is 4. The van der Waals surface area contributed by atoms with Gasteiger partial charge in [-0.25, -0.2) is 0 Å². The summed E-state index contributed by atoms with van der Waals surface area (Å²) >= 11 is 0. The molecule has 0 amide bonds. The minimum atomic E-state index is -0.125. The zero-order valence-electron chi connectivity index (χ0n) is 83.2. The largest absolute Gasteiger partial charge is 0.512 e. The van der Waals surface area contributed by atoms with Crippen molar-refractivity contribution in [3.05, 3.63) is 308 Å². The van der Waals surface area contributed by atoms with Gasteiger partial charge in [-0.05, 0) is 186 Å². The van der Waals surface area contributed by atoms with E-state index in [0.29, 0.717) is 11.7 Å². The van der Waals surface area contributed by atoms with Crippen molar-refractivity contribution in [1.29, 1.82) is 0 Å². The van der Waals surface area contributed by atoms with Crippen LogP contribution in [0.15, 0.2) is 217 Å². The van der Waals surface area contributed by atoms with Crippen LogP contribution in [-0.2, 0) is 119 Å². The summed E-state index contributed by atoms with van der Waals surface area (Å²) in [5.74, 6) is 2.12. The number of rotatable bonds is 23. The monoisotopic (exact) mass is 2530 g/mol. The second-order valence-electron chi connectivity index (χ2n) is 36.0. The summed E-state index contributed by atoms with van der Waals surface area (Å²) < 4.78 is 0. The molecule has 0 bridgehead atoms. The number of ketones is 4. The van der Waals surface area contributed by atoms with Gasteiger partial charge in [0, 0.05) is 150 Å². The molecule has 16 heteroatoms. The van der Waals surface area contributed by atoms with E-state index in [1.54, 1.807) is 0 Å². The molecule has 15 rings (SSSR count). The molecule has 135 heavy (non-hydrogen) atoms. The van der Waals surface area contributed by atoms with E-state index in [4.69, 9.17) is 30.1 Å². The van der Waals surface area contributed by atoms with Crippen molar-refractivity contribution in [3.8, 4) is 45.0 Å². The maximum Gasteiger partial charge on any atom is 0.162 e. The minimum Gasteiger partial charge on any atom is -0.512 e. The molecule has 4 aromatic heterocycles. The van der Waals surface area contributed by atoms with E-state index in [2.05, 4.69) is 270 Å². The van der Waals surface area contributed by atoms with Gasteiger partial charge in [0.2, 0.25) is 0 Å². The zero-order valence-corrected chi connectivity index (χ0v) is 92.7. The van der Waals surface area contributed by atoms with Crippen LogP contribution in [0.3, 0.4) is 0 Å². The first-order chi connectivity index (χ1) is 62.8. The van der Waals surface area contributed by atoms with Crippen molar-refractivity contribution in [2.24, 2.45) is 23.7 Å². The van der Waals surface area contributed by atoms with Crippen molar-refractivity contribution in [1.82, 2.24) is 19.9 Å². The normalized spacial score (nSPS) is 13.3. The molecule has 0 saturated heterocycles. The maximum atomic E-state index is 11.8. The number of allylic oxidation sites excluding steroid dienone is 8. The first kappa shape index (κ1) is 118. The van der Waals surface area contributed by atoms with E-state index >= 15 is 0 Å². The van der Waals surface area contributed by atoms with Gasteiger partial charge < -0.3 is 20.4 Å². The van der Waals surface area contributed by atoms with Crippen LogP contribution in [-0.4, -0.2) is 63.5 Å². The van der Waals surface area contributed by atoms with E-state index < -0.39 is 0 Å². The van der Waals surface area contributed by atoms with Crippen LogP contribution in [0.2, 0.25) is 0 Å². The second-order valence-corrected chi connectivity index (χ2v) is 36.0. The Morgan fingerprint density at radius 3 is 0.933 bits per heavy atom. The Balaban J connectivity index is 0.000000329. The molecule has 4 heterocycles. The van der Waals surface area contributed by atoms with Crippen LogP contribution < -0.4 is 0 Å². The number of hydrogen-bond donors (Lipinski definition) is 4. The summed E-state index contributed by atoms with van der Waals surface area (Å²) in [7, 11) is 0. The third kappa shape index (κ3) is 38.3. The van der Waals surface area contributed by atoms with Gasteiger partial charge in [0.25, 0.3) is 0 Å². The molecule has 3 fully saturated rings. The molecule has 8 aromatic carbocycles. The summed E-state index contributed by atoms with van der Waals surface area (Å²) in [6, 6.07) is 74.1. The van der Waals surface area contributed by atoms with Crippen LogP contribution in [0.1, 0.15) is 277 Å². The van der Waals surface area contributed by atoms with E-state index in [1.807, 2.05) is 27.7 Å². The summed E-state index contributed by atoms with van der Waals surface area (Å²) in [5.41, 5.74) is 28.0. The molecule has 12 nitrogen and oxygen atoms in total. The smallest absolute Gasteiger partial charge is 0.162 e. The molecule has 3 aliphatic carbocycles. The number of carbonyl (C=O) groups is 4. The summed E-state index contributed by atoms with van der Waals surface area (Å²) in [6.45, 7) is 37.2. The third-order valence-electron chi connectivity index (χ3n) is 24.3. The predicted octanol–water partition coefficient (Wildman–Crippen LogP) is 31.5. The molecule has 4 N–H and O–H groups in total. The van der Waals surface area contributed by atoms with Crippen molar-refractivity contribution in [3.63, 3.8) is 0 Å². The topological polar surface area (TPSA) is 201 Å². The van der Waals surface area contributed by atoms with Crippen molar-refractivity contribution in [2.45, 2.75) is 285 Å². The Morgan fingerprint density at radius 2 is 0.644 bits per heavy atom. The number of hydrogen-bond acceptors (Lipinski definition) is 12. The number of nitrogens with zero attached hydrogens (tertiary/aromatic N) is 4. The van der Waals surface area contributed by atoms with Gasteiger partial charge in [-0.3, -0.25) is 39.1 Å². The zero-order chi connectivity index (χ0) is 95.2. The molecule has 4 radical (unpaired) electrons. The van der Waals surface area contributed by atoms with Gasteiger partial charge in [0.05, 0.1) is 45.1 Å². The summed E-state index contributed by atoms with van der Waals surface area (Å²) in [6.07, 6.45) is 31.2. The van der Waals surface area contributed by atoms with Crippen LogP contribution in [0.4, 0.5) is 0 Å². The van der Waals surface area contributed by atoms with E-state index in [9.17, 15) is 29.4 Å². The SMILES string of the molecule is CC(=O)C=C(C)O.CC(=O)C=C(C)O.CCC(CC)C(=O)C=C(O)C(CC)CC.CCCc1cccc2nc(-c3[c-]c(C)cc(C)c3)ccc12.CCCc1cccc2nc(-c3[c-]c(C)cc(C)c3)ccc12.CCCc1cccc2nc(-c3[c-]c(C)cc(C)c3)ccc12.Cc1[c-]c(-c2ccc3c(C4CCCCC4)cccc3n2)cc(C)c1.O=C(C=C(O)C1CCCC1)C1CCCC1.[Ir].[Ir].[Ir].[Ir]. The summed E-state index contributed by atoms with van der Waals surface area (Å²) in [4.78, 5) is 63.0. The first-order valence-electron chi connectivity index (χ1n) is 48.1. The van der Waals surface area contributed by atoms with Crippen molar-refractivity contribution >= 4 is 66.7 Å². The van der Waals surface area contributed by atoms with E-state index in [0.717, 1.165) is 174 Å². The van der Waals surface area contributed by atoms with Gasteiger partial charge in [-0.2, -0.15) is 0 Å². The number of aliphatic hydroxyl groups excluding tert-OH is 4. The van der Waals surface area contributed by atoms with Crippen LogP contribution in [0.25, 0.3) is 88.6 Å². The predicted molar refractivity (Wildman–Crippen MR) is 547 cm³/mol. The number of fused-ring (bicyclic) bond motifs is 4. The third-order valence-corrected chi connectivity index (χ3v) is 24.3. The van der Waals surface area contributed by atoms with Crippen molar-refractivity contribution < 1.29 is 120 Å². The molecule has 3 saturated carbocycles. The van der Waals surface area contributed by atoms with Crippen LogP contribution in [0.5, 0.6) is 0 Å². The average molecular weight is 2530 g/mol. The molecular weight excluding hydrogens is 2380 g/mol.